The maximum absolute atomic E-state index is 11.3. The Bertz CT molecular complexity index is 715. The first-order valence-corrected chi connectivity index (χ1v) is 7.91. The summed E-state index contributed by atoms with van der Waals surface area (Å²) in [6.07, 6.45) is 2.06. The van der Waals surface area contributed by atoms with E-state index in [0.717, 1.165) is 16.2 Å². The van der Waals surface area contributed by atoms with Crippen LogP contribution in [0.3, 0.4) is 0 Å². The quantitative estimate of drug-likeness (QED) is 0.558. The number of thioether (sulfide) groups is 1. The van der Waals surface area contributed by atoms with Gasteiger partial charge in [0.2, 0.25) is 5.89 Å². The fourth-order valence-electron chi connectivity index (χ4n) is 1.57. The number of hydrogen-bond acceptors (Lipinski definition) is 7. The predicted molar refractivity (Wildman–Crippen MR) is 83.2 cm³/mol. The number of aromatic nitrogens is 2. The number of methoxy groups -OCH3 is 1. The average molecular weight is 384 g/mol. The van der Waals surface area contributed by atoms with Gasteiger partial charge in [-0.05, 0) is 51.5 Å². The molecule has 0 bridgehead atoms. The zero-order chi connectivity index (χ0) is 16.1. The number of halogens is 1. The number of ether oxygens (including phenoxy) is 1. The van der Waals surface area contributed by atoms with Gasteiger partial charge in [-0.3, -0.25) is 0 Å². The van der Waals surface area contributed by atoms with Crippen molar-refractivity contribution in [1.29, 1.82) is 0 Å². The Morgan fingerprint density at radius 3 is 2.82 bits per heavy atom. The van der Waals surface area contributed by atoms with Crippen LogP contribution in [0.15, 0.2) is 37.2 Å². The number of aliphatic carboxylic acids is 1. The van der Waals surface area contributed by atoms with Crippen LogP contribution in [-0.2, 0) is 11.2 Å². The molecule has 0 aliphatic heterocycles. The van der Waals surface area contributed by atoms with Gasteiger partial charge in [0.15, 0.2) is 0 Å². The first-order chi connectivity index (χ1) is 10.5. The molecular formula is C14H12BrN2O4S-. The molecular weight excluding hydrogens is 372 g/mol. The molecule has 1 heterocycles. The lowest BCUT2D eigenvalue weighted by Gasteiger charge is -2.07. The minimum absolute atomic E-state index is 0.0247. The van der Waals surface area contributed by atoms with Gasteiger partial charge in [0.1, 0.15) is 5.75 Å². The van der Waals surface area contributed by atoms with Crippen LogP contribution in [0, 0.1) is 0 Å². The smallest absolute Gasteiger partial charge is 0.281 e. The normalized spacial score (nSPS) is 11.5. The third kappa shape index (κ3) is 4.11. The third-order valence-corrected chi connectivity index (χ3v) is 4.09. The topological polar surface area (TPSA) is 88.3 Å². The summed E-state index contributed by atoms with van der Waals surface area (Å²) >= 11 is 4.20. The molecule has 1 aromatic carbocycles. The Balaban J connectivity index is 2.26. The molecule has 0 radical (unpaired) electrons. The number of benzene rings is 1. The Kier molecular flexibility index (Phi) is 5.62. The van der Waals surface area contributed by atoms with Crippen molar-refractivity contribution >= 4 is 39.7 Å². The van der Waals surface area contributed by atoms with Gasteiger partial charge in [0.05, 0.1) is 17.6 Å². The van der Waals surface area contributed by atoms with E-state index in [1.54, 1.807) is 25.3 Å². The number of nitrogens with zero attached hydrogens (tertiary/aromatic N) is 2. The molecule has 1 aromatic heterocycles. The summed E-state index contributed by atoms with van der Waals surface area (Å²) in [4.78, 5) is 11.2. The van der Waals surface area contributed by atoms with Crippen LogP contribution < -0.4 is 9.84 Å². The zero-order valence-electron chi connectivity index (χ0n) is 11.8. The Morgan fingerprint density at radius 1 is 1.50 bits per heavy atom. The first kappa shape index (κ1) is 16.6. The van der Waals surface area contributed by atoms with E-state index in [2.05, 4.69) is 26.1 Å². The van der Waals surface area contributed by atoms with Gasteiger partial charge < -0.3 is 19.1 Å². The Hall–Kier alpha value is -1.80. The number of carbonyl (C=O) groups excluding carboxylic acids is 1. The SMILES string of the molecule is CCc1nnc(S/C(=C\c2ccc(OC)c(Br)c2)C(=O)[O-])o1. The molecule has 0 fully saturated rings. The first-order valence-electron chi connectivity index (χ1n) is 6.30. The van der Waals surface area contributed by atoms with Gasteiger partial charge in [-0.1, -0.05) is 13.0 Å². The van der Waals surface area contributed by atoms with Crippen molar-refractivity contribution in [2.75, 3.05) is 7.11 Å². The monoisotopic (exact) mass is 383 g/mol. The molecule has 116 valence electrons. The minimum atomic E-state index is -1.31. The number of carboxylic acids is 1. The molecule has 2 aromatic rings. The summed E-state index contributed by atoms with van der Waals surface area (Å²) in [5.74, 6) is -0.204. The highest BCUT2D eigenvalue weighted by Crippen LogP contribution is 2.30. The lowest BCUT2D eigenvalue weighted by molar-refractivity contribution is -0.298. The highest BCUT2D eigenvalue weighted by molar-refractivity contribution is 9.10. The molecule has 0 saturated carbocycles. The van der Waals surface area contributed by atoms with Crippen LogP contribution in [-0.4, -0.2) is 23.3 Å². The van der Waals surface area contributed by atoms with Crippen LogP contribution >= 0.6 is 27.7 Å². The van der Waals surface area contributed by atoms with Crippen molar-refractivity contribution in [3.05, 3.63) is 39.0 Å². The largest absolute Gasteiger partial charge is 0.544 e. The number of rotatable bonds is 6. The van der Waals surface area contributed by atoms with Crippen molar-refractivity contribution in [3.8, 4) is 5.75 Å². The van der Waals surface area contributed by atoms with E-state index in [9.17, 15) is 9.90 Å². The fourth-order valence-corrected chi connectivity index (χ4v) is 2.81. The van der Waals surface area contributed by atoms with E-state index in [0.29, 0.717) is 23.6 Å². The Labute approximate surface area is 139 Å². The lowest BCUT2D eigenvalue weighted by Crippen LogP contribution is -2.23. The van der Waals surface area contributed by atoms with Crippen molar-refractivity contribution in [1.82, 2.24) is 10.2 Å². The molecule has 0 amide bonds. The highest BCUT2D eigenvalue weighted by atomic mass is 79.9. The van der Waals surface area contributed by atoms with Crippen molar-refractivity contribution in [2.45, 2.75) is 18.6 Å². The molecule has 2 rings (SSSR count). The molecule has 0 atom stereocenters. The molecule has 8 heteroatoms. The summed E-state index contributed by atoms with van der Waals surface area (Å²) in [5, 5.41) is 19.0. The van der Waals surface area contributed by atoms with E-state index in [4.69, 9.17) is 9.15 Å². The number of hydrogen-bond donors (Lipinski definition) is 0. The number of carboxylic acid groups (broad SMARTS) is 1. The average Bonchev–Trinajstić information content (AvgIpc) is 2.94. The Morgan fingerprint density at radius 2 is 2.27 bits per heavy atom. The van der Waals surface area contributed by atoms with Gasteiger partial charge in [-0.25, -0.2) is 0 Å². The number of aryl methyl sites for hydroxylation is 1. The van der Waals surface area contributed by atoms with E-state index in [-0.39, 0.29) is 10.1 Å². The zero-order valence-corrected chi connectivity index (χ0v) is 14.2. The summed E-state index contributed by atoms with van der Waals surface area (Å²) in [6.45, 7) is 1.87. The molecule has 0 aliphatic carbocycles. The van der Waals surface area contributed by atoms with Gasteiger partial charge in [-0.2, -0.15) is 0 Å². The van der Waals surface area contributed by atoms with Gasteiger partial charge in [-0.15, -0.1) is 10.2 Å². The predicted octanol–water partition coefficient (Wildman–Crippen LogP) is 2.29. The third-order valence-electron chi connectivity index (χ3n) is 2.62. The molecule has 0 unspecified atom stereocenters. The molecule has 0 N–H and O–H groups in total. The second-order valence-corrected chi connectivity index (χ2v) is 5.95. The van der Waals surface area contributed by atoms with Crippen LogP contribution in [0.4, 0.5) is 0 Å². The van der Waals surface area contributed by atoms with E-state index < -0.39 is 5.97 Å². The molecule has 6 nitrogen and oxygen atoms in total. The maximum atomic E-state index is 11.3. The summed E-state index contributed by atoms with van der Waals surface area (Å²) in [5.41, 5.74) is 0.676. The van der Waals surface area contributed by atoms with Crippen molar-refractivity contribution in [2.24, 2.45) is 0 Å². The summed E-state index contributed by atoms with van der Waals surface area (Å²) in [6, 6.07) is 5.21. The minimum Gasteiger partial charge on any atom is -0.544 e. The highest BCUT2D eigenvalue weighted by Gasteiger charge is 2.10. The fraction of sp³-hybridized carbons (Fsp3) is 0.214. The van der Waals surface area contributed by atoms with E-state index >= 15 is 0 Å². The van der Waals surface area contributed by atoms with Crippen molar-refractivity contribution < 1.29 is 19.1 Å². The van der Waals surface area contributed by atoms with Gasteiger partial charge in [0, 0.05) is 11.3 Å². The van der Waals surface area contributed by atoms with Crippen LogP contribution in [0.25, 0.3) is 6.08 Å². The number of carbonyl (C=O) groups is 1. The second-order valence-electron chi connectivity index (χ2n) is 4.11. The van der Waals surface area contributed by atoms with E-state index in [1.165, 1.54) is 6.08 Å². The standard InChI is InChI=1S/C14H13BrN2O4S/c1-3-12-16-17-14(21-12)22-11(13(18)19)7-8-4-5-10(20-2)9(15)6-8/h4-7H,3H2,1-2H3,(H,18,19)/p-1/b11-7-. The second kappa shape index (κ2) is 7.46. The van der Waals surface area contributed by atoms with Gasteiger partial charge in [0.25, 0.3) is 5.22 Å². The van der Waals surface area contributed by atoms with Crippen molar-refractivity contribution in [3.63, 3.8) is 0 Å². The summed E-state index contributed by atoms with van der Waals surface area (Å²) in [7, 11) is 1.55. The van der Waals surface area contributed by atoms with Crippen LogP contribution in [0.5, 0.6) is 5.75 Å². The maximum Gasteiger partial charge on any atom is 0.281 e. The van der Waals surface area contributed by atoms with Gasteiger partial charge >= 0.3 is 0 Å². The van der Waals surface area contributed by atoms with Crippen LogP contribution in [0.1, 0.15) is 18.4 Å². The molecule has 0 saturated heterocycles. The lowest BCUT2D eigenvalue weighted by atomic mass is 10.2. The van der Waals surface area contributed by atoms with E-state index in [1.807, 2.05) is 6.92 Å². The molecule has 0 aliphatic rings. The van der Waals surface area contributed by atoms with Crippen LogP contribution in [0.2, 0.25) is 0 Å². The molecule has 22 heavy (non-hydrogen) atoms. The summed E-state index contributed by atoms with van der Waals surface area (Å²) < 4.78 is 11.1. The molecule has 0 spiro atoms.